The molecule has 0 saturated heterocycles. The molecular weight excluding hydrogens is 194 g/mol. The molecule has 5 heteroatoms. The van der Waals surface area contributed by atoms with Crippen molar-refractivity contribution in [2.24, 2.45) is 5.29 Å². The third-order valence-electron chi connectivity index (χ3n) is 2.13. The van der Waals surface area contributed by atoms with Crippen molar-refractivity contribution in [3.05, 3.63) is 34.7 Å². The number of ether oxygens (including phenoxy) is 1. The van der Waals surface area contributed by atoms with Crippen LogP contribution in [0, 0.1) is 4.91 Å². The van der Waals surface area contributed by atoms with E-state index in [2.05, 4.69) is 10.7 Å². The molecule has 82 valence electrons. The normalized spacial score (nSPS) is 9.73. The average molecular weight is 209 g/mol. The Kier molecular flexibility index (Phi) is 4.56. The maximum atomic E-state index is 10.3. The Bertz CT molecular complexity index is 300. The molecule has 0 bridgehead atoms. The van der Waals surface area contributed by atoms with Gasteiger partial charge in [0.2, 0.25) is 0 Å². The van der Waals surface area contributed by atoms with E-state index in [4.69, 9.17) is 4.74 Å². The number of hydrogen-bond acceptors (Lipinski definition) is 4. The number of nitrogens with one attached hydrogen (secondary N) is 1. The summed E-state index contributed by atoms with van der Waals surface area (Å²) in [6, 6.07) is 7.73. The van der Waals surface area contributed by atoms with Gasteiger partial charge in [0.25, 0.3) is 0 Å². The fraction of sp³-hybridized carbons (Fsp3) is 0.400. The minimum atomic E-state index is 0.548. The van der Waals surface area contributed by atoms with E-state index in [-0.39, 0.29) is 0 Å². The fourth-order valence-electron chi connectivity index (χ4n) is 1.22. The second-order valence-corrected chi connectivity index (χ2v) is 3.03. The van der Waals surface area contributed by atoms with E-state index < -0.39 is 0 Å². The molecule has 0 atom stereocenters. The van der Waals surface area contributed by atoms with E-state index in [1.165, 1.54) is 5.12 Å². The summed E-state index contributed by atoms with van der Waals surface area (Å²) in [5.41, 5.74) is 3.81. The predicted octanol–water partition coefficient (Wildman–Crippen LogP) is 1.36. The number of hydrazine groups is 1. The molecule has 1 aromatic carbocycles. The zero-order valence-corrected chi connectivity index (χ0v) is 8.93. The van der Waals surface area contributed by atoms with Gasteiger partial charge in [0.1, 0.15) is 5.75 Å². The Balaban J connectivity index is 2.46. The Hall–Kier alpha value is -1.62. The van der Waals surface area contributed by atoms with Crippen LogP contribution in [-0.4, -0.2) is 25.8 Å². The molecule has 0 fully saturated rings. The third kappa shape index (κ3) is 3.55. The van der Waals surface area contributed by atoms with E-state index in [1.54, 1.807) is 14.2 Å². The van der Waals surface area contributed by atoms with Gasteiger partial charge in [-0.05, 0) is 24.1 Å². The van der Waals surface area contributed by atoms with Crippen molar-refractivity contribution in [3.8, 4) is 5.75 Å². The number of hydrogen-bond donors (Lipinski definition) is 1. The second-order valence-electron chi connectivity index (χ2n) is 3.03. The van der Waals surface area contributed by atoms with Crippen molar-refractivity contribution in [1.82, 2.24) is 10.5 Å². The van der Waals surface area contributed by atoms with Crippen molar-refractivity contribution in [2.75, 3.05) is 20.7 Å². The number of nitroso groups, excluding NO2 is 1. The van der Waals surface area contributed by atoms with Crippen LogP contribution in [0.5, 0.6) is 5.75 Å². The van der Waals surface area contributed by atoms with Crippen LogP contribution < -0.4 is 10.2 Å². The maximum Gasteiger partial charge on any atom is 0.118 e. The van der Waals surface area contributed by atoms with Crippen LogP contribution in [0.15, 0.2) is 29.6 Å². The molecule has 15 heavy (non-hydrogen) atoms. The third-order valence-corrected chi connectivity index (χ3v) is 2.13. The largest absolute Gasteiger partial charge is 0.497 e. The highest BCUT2D eigenvalue weighted by molar-refractivity contribution is 5.27. The molecule has 0 aromatic heterocycles. The first-order chi connectivity index (χ1) is 7.30. The minimum Gasteiger partial charge on any atom is -0.497 e. The second kappa shape index (κ2) is 5.98. The van der Waals surface area contributed by atoms with Gasteiger partial charge in [-0.25, -0.2) is 5.43 Å². The van der Waals surface area contributed by atoms with E-state index in [0.29, 0.717) is 6.54 Å². The number of benzene rings is 1. The standard InChI is InChI=1S/C10H15N3O2/c1-11-13(12-14)8-7-9-3-5-10(15-2)6-4-9/h3-6,11H,7-8H2,1-2H3. The van der Waals surface area contributed by atoms with Gasteiger partial charge in [-0.15, -0.1) is 4.91 Å². The number of nitrogens with zero attached hydrogens (tertiary/aromatic N) is 2. The summed E-state index contributed by atoms with van der Waals surface area (Å²) < 4.78 is 5.05. The summed E-state index contributed by atoms with van der Waals surface area (Å²) in [6.45, 7) is 0.548. The molecule has 0 heterocycles. The Labute approximate surface area is 88.9 Å². The average Bonchev–Trinajstić information content (AvgIpc) is 2.31. The van der Waals surface area contributed by atoms with Crippen LogP contribution >= 0.6 is 0 Å². The van der Waals surface area contributed by atoms with Crippen LogP contribution in [0.25, 0.3) is 0 Å². The number of methoxy groups -OCH3 is 1. The highest BCUT2D eigenvalue weighted by Crippen LogP contribution is 2.11. The molecule has 0 spiro atoms. The van der Waals surface area contributed by atoms with Crippen molar-refractivity contribution in [3.63, 3.8) is 0 Å². The highest BCUT2D eigenvalue weighted by atomic mass is 16.5. The lowest BCUT2D eigenvalue weighted by Gasteiger charge is -2.12. The summed E-state index contributed by atoms with van der Waals surface area (Å²) in [6.07, 6.45) is 0.760. The quantitative estimate of drug-likeness (QED) is 0.567. The topological polar surface area (TPSA) is 53.9 Å². The van der Waals surface area contributed by atoms with Crippen LogP contribution in [-0.2, 0) is 6.42 Å². The molecule has 0 aliphatic carbocycles. The first-order valence-corrected chi connectivity index (χ1v) is 4.71. The lowest BCUT2D eigenvalue weighted by atomic mass is 10.1. The SMILES string of the molecule is CNN(CCc1ccc(OC)cc1)N=O. The van der Waals surface area contributed by atoms with E-state index in [1.807, 2.05) is 24.3 Å². The first kappa shape index (κ1) is 11.5. The van der Waals surface area contributed by atoms with Gasteiger partial charge in [-0.1, -0.05) is 12.1 Å². The van der Waals surface area contributed by atoms with Crippen molar-refractivity contribution < 1.29 is 4.74 Å². The van der Waals surface area contributed by atoms with E-state index in [0.717, 1.165) is 17.7 Å². The Morgan fingerprint density at radius 1 is 1.40 bits per heavy atom. The zero-order chi connectivity index (χ0) is 11.1. The molecular formula is C10H15N3O2. The summed E-state index contributed by atoms with van der Waals surface area (Å²) >= 11 is 0. The van der Waals surface area contributed by atoms with Gasteiger partial charge < -0.3 is 4.74 Å². The van der Waals surface area contributed by atoms with Crippen molar-refractivity contribution in [1.29, 1.82) is 0 Å². The van der Waals surface area contributed by atoms with Gasteiger partial charge in [-0.2, -0.15) is 5.12 Å². The highest BCUT2D eigenvalue weighted by Gasteiger charge is 2.00. The summed E-state index contributed by atoms with van der Waals surface area (Å²) in [5.74, 6) is 0.831. The molecule has 1 rings (SSSR count). The zero-order valence-electron chi connectivity index (χ0n) is 8.93. The van der Waals surface area contributed by atoms with E-state index >= 15 is 0 Å². The van der Waals surface area contributed by atoms with Gasteiger partial charge in [0, 0.05) is 7.05 Å². The molecule has 0 unspecified atom stereocenters. The monoisotopic (exact) mass is 209 g/mol. The molecule has 0 saturated carbocycles. The number of rotatable bonds is 6. The molecule has 1 N–H and O–H groups in total. The van der Waals surface area contributed by atoms with Crippen LogP contribution in [0.4, 0.5) is 0 Å². The first-order valence-electron chi connectivity index (χ1n) is 4.71. The van der Waals surface area contributed by atoms with Gasteiger partial charge in [-0.3, -0.25) is 0 Å². The smallest absolute Gasteiger partial charge is 0.118 e. The van der Waals surface area contributed by atoms with Gasteiger partial charge >= 0.3 is 0 Å². The van der Waals surface area contributed by atoms with Crippen LogP contribution in [0.3, 0.4) is 0 Å². The van der Waals surface area contributed by atoms with Crippen LogP contribution in [0.1, 0.15) is 5.56 Å². The summed E-state index contributed by atoms with van der Waals surface area (Å²) in [4.78, 5) is 10.3. The molecule has 0 radical (unpaired) electrons. The summed E-state index contributed by atoms with van der Waals surface area (Å²) in [7, 11) is 3.30. The molecule has 0 amide bonds. The molecule has 0 aliphatic rings. The van der Waals surface area contributed by atoms with Crippen molar-refractivity contribution >= 4 is 0 Å². The Morgan fingerprint density at radius 2 is 2.07 bits per heavy atom. The fourth-order valence-corrected chi connectivity index (χ4v) is 1.22. The minimum absolute atomic E-state index is 0.548. The lowest BCUT2D eigenvalue weighted by Crippen LogP contribution is -2.31. The lowest BCUT2D eigenvalue weighted by molar-refractivity contribution is 0.217. The summed E-state index contributed by atoms with van der Waals surface area (Å²) in [5, 5.41) is 4.06. The van der Waals surface area contributed by atoms with Gasteiger partial charge in [0.05, 0.1) is 18.9 Å². The van der Waals surface area contributed by atoms with Crippen molar-refractivity contribution in [2.45, 2.75) is 6.42 Å². The van der Waals surface area contributed by atoms with Gasteiger partial charge in [0.15, 0.2) is 0 Å². The molecule has 0 aliphatic heterocycles. The van der Waals surface area contributed by atoms with Crippen LogP contribution in [0.2, 0.25) is 0 Å². The van der Waals surface area contributed by atoms with E-state index in [9.17, 15) is 4.91 Å². The molecule has 1 aromatic rings. The predicted molar refractivity (Wildman–Crippen MR) is 58.3 cm³/mol. The Morgan fingerprint density at radius 3 is 2.53 bits per heavy atom. The maximum absolute atomic E-state index is 10.3. The molecule has 5 nitrogen and oxygen atoms in total.